The van der Waals surface area contributed by atoms with Crippen molar-refractivity contribution in [1.82, 2.24) is 10.3 Å². The van der Waals surface area contributed by atoms with Crippen molar-refractivity contribution in [3.05, 3.63) is 34.3 Å². The molecule has 1 saturated heterocycles. The molecule has 0 saturated carbocycles. The molecule has 0 aromatic carbocycles. The summed E-state index contributed by atoms with van der Waals surface area (Å²) >= 11 is 5.73. The normalized spacial score (nSPS) is 20.5. The summed E-state index contributed by atoms with van der Waals surface area (Å²) in [6.45, 7) is 8.43. The molecule has 1 fully saturated rings. The first-order valence-corrected chi connectivity index (χ1v) is 7.56. The van der Waals surface area contributed by atoms with E-state index in [4.69, 9.17) is 20.9 Å². The third-order valence-electron chi connectivity index (χ3n) is 4.15. The summed E-state index contributed by atoms with van der Waals surface area (Å²) in [5.41, 5.74) is 0.264. The summed E-state index contributed by atoms with van der Waals surface area (Å²) in [5.74, 6) is -0.547. The summed E-state index contributed by atoms with van der Waals surface area (Å²) < 4.78 is 26.1. The van der Waals surface area contributed by atoms with Crippen LogP contribution in [0.1, 0.15) is 33.3 Å². The standard InChI is InChI=1S/C15H21BClFN2O2/c1-14(2)15(3,4)22-16(21-14)11(9-19-5)8-10-6-7-20-13(17)12(10)18/h6-8,19H,9H2,1-5H3. The lowest BCUT2D eigenvalue weighted by Gasteiger charge is -2.32. The molecule has 0 spiro atoms. The lowest BCUT2D eigenvalue weighted by molar-refractivity contribution is 0.00578. The van der Waals surface area contributed by atoms with Gasteiger partial charge in [-0.25, -0.2) is 9.37 Å². The Balaban J connectivity index is 2.35. The lowest BCUT2D eigenvalue weighted by Crippen LogP contribution is -2.41. The Morgan fingerprint density at radius 3 is 2.50 bits per heavy atom. The van der Waals surface area contributed by atoms with Gasteiger partial charge in [0.15, 0.2) is 11.0 Å². The van der Waals surface area contributed by atoms with Crippen LogP contribution in [0.3, 0.4) is 0 Å². The molecule has 0 aliphatic carbocycles. The lowest BCUT2D eigenvalue weighted by atomic mass is 9.77. The first-order chi connectivity index (χ1) is 10.2. The molecule has 2 heterocycles. The molecule has 1 aliphatic heterocycles. The third kappa shape index (κ3) is 3.35. The van der Waals surface area contributed by atoms with Crippen LogP contribution in [0.5, 0.6) is 0 Å². The van der Waals surface area contributed by atoms with Crippen molar-refractivity contribution in [2.45, 2.75) is 38.9 Å². The third-order valence-corrected chi connectivity index (χ3v) is 4.42. The maximum atomic E-state index is 14.1. The number of aromatic nitrogens is 1. The monoisotopic (exact) mass is 326 g/mol. The molecule has 120 valence electrons. The Hall–Kier alpha value is -0.945. The summed E-state index contributed by atoms with van der Waals surface area (Å²) in [6.07, 6.45) is 3.17. The van der Waals surface area contributed by atoms with Gasteiger partial charge in [-0.15, -0.1) is 0 Å². The van der Waals surface area contributed by atoms with Gasteiger partial charge in [-0.3, -0.25) is 0 Å². The van der Waals surface area contributed by atoms with Gasteiger partial charge in [-0.05, 0) is 46.3 Å². The van der Waals surface area contributed by atoms with Gasteiger partial charge in [0.25, 0.3) is 0 Å². The van der Waals surface area contributed by atoms with E-state index in [1.165, 1.54) is 6.20 Å². The average molecular weight is 327 g/mol. The predicted molar refractivity (Wildman–Crippen MR) is 87.2 cm³/mol. The van der Waals surface area contributed by atoms with Crippen LogP contribution in [0.4, 0.5) is 4.39 Å². The molecule has 7 heteroatoms. The van der Waals surface area contributed by atoms with Crippen LogP contribution < -0.4 is 5.32 Å². The minimum Gasteiger partial charge on any atom is -0.400 e. The van der Waals surface area contributed by atoms with Gasteiger partial charge in [-0.1, -0.05) is 17.7 Å². The summed E-state index contributed by atoms with van der Waals surface area (Å²) in [7, 11) is 1.28. The van der Waals surface area contributed by atoms with E-state index in [2.05, 4.69) is 10.3 Å². The smallest absolute Gasteiger partial charge is 0.400 e. The summed E-state index contributed by atoms with van der Waals surface area (Å²) in [4.78, 5) is 3.72. The Morgan fingerprint density at radius 2 is 1.95 bits per heavy atom. The highest BCUT2D eigenvalue weighted by molar-refractivity contribution is 6.56. The largest absolute Gasteiger partial charge is 0.491 e. The number of halogens is 2. The van der Waals surface area contributed by atoms with Crippen molar-refractivity contribution in [2.24, 2.45) is 0 Å². The molecular weight excluding hydrogens is 305 g/mol. The SMILES string of the molecule is CNCC(=Cc1ccnc(Cl)c1F)B1OC(C)(C)C(C)(C)O1. The summed E-state index contributed by atoms with van der Waals surface area (Å²) in [5, 5.41) is 2.91. The van der Waals surface area contributed by atoms with Crippen molar-refractivity contribution in [3.8, 4) is 0 Å². The van der Waals surface area contributed by atoms with Crippen molar-refractivity contribution in [1.29, 1.82) is 0 Å². The molecule has 22 heavy (non-hydrogen) atoms. The molecule has 1 aromatic rings. The Labute approximate surface area is 136 Å². The number of hydrogen-bond acceptors (Lipinski definition) is 4. The van der Waals surface area contributed by atoms with Gasteiger partial charge in [-0.2, -0.15) is 0 Å². The Kier molecular flexibility index (Phi) is 4.97. The second kappa shape index (κ2) is 6.28. The van der Waals surface area contributed by atoms with E-state index in [-0.39, 0.29) is 5.15 Å². The number of nitrogens with zero attached hydrogens (tertiary/aromatic N) is 1. The maximum Gasteiger partial charge on any atom is 0.491 e. The molecule has 0 amide bonds. The van der Waals surface area contributed by atoms with Crippen LogP contribution in [0.2, 0.25) is 5.15 Å². The van der Waals surface area contributed by atoms with Crippen molar-refractivity contribution >= 4 is 24.8 Å². The second-order valence-corrected chi connectivity index (χ2v) is 6.70. The van der Waals surface area contributed by atoms with Gasteiger partial charge < -0.3 is 14.6 Å². The van der Waals surface area contributed by atoms with E-state index >= 15 is 0 Å². The quantitative estimate of drug-likeness (QED) is 0.682. The van der Waals surface area contributed by atoms with E-state index in [9.17, 15) is 4.39 Å². The molecule has 2 rings (SSSR count). The molecular formula is C15H21BClFN2O2. The fraction of sp³-hybridized carbons (Fsp3) is 0.533. The number of pyridine rings is 1. The fourth-order valence-electron chi connectivity index (χ4n) is 2.14. The molecule has 1 aromatic heterocycles. The fourth-order valence-corrected chi connectivity index (χ4v) is 2.31. The second-order valence-electron chi connectivity index (χ2n) is 6.34. The molecule has 0 atom stereocenters. The first kappa shape index (κ1) is 17.4. The number of nitrogens with one attached hydrogen (secondary N) is 1. The van der Waals surface area contributed by atoms with Gasteiger partial charge >= 0.3 is 7.12 Å². The first-order valence-electron chi connectivity index (χ1n) is 7.18. The molecule has 1 aliphatic rings. The van der Waals surface area contributed by atoms with Crippen LogP contribution in [-0.2, 0) is 9.31 Å². The Bertz CT molecular complexity index is 577. The predicted octanol–water partition coefficient (Wildman–Crippen LogP) is 3.11. The summed E-state index contributed by atoms with van der Waals surface area (Å²) in [6, 6.07) is 1.57. The van der Waals surface area contributed by atoms with Crippen molar-refractivity contribution < 1.29 is 13.7 Å². The van der Waals surface area contributed by atoms with Crippen LogP contribution in [0.25, 0.3) is 6.08 Å². The van der Waals surface area contributed by atoms with Gasteiger partial charge in [0.1, 0.15) is 0 Å². The molecule has 1 N–H and O–H groups in total. The van der Waals surface area contributed by atoms with E-state index in [0.717, 1.165) is 5.47 Å². The number of hydrogen-bond donors (Lipinski definition) is 1. The molecule has 4 nitrogen and oxygen atoms in total. The van der Waals surface area contributed by atoms with E-state index in [1.54, 1.807) is 12.1 Å². The minimum atomic E-state index is -0.547. The Morgan fingerprint density at radius 1 is 1.36 bits per heavy atom. The number of likely N-dealkylation sites (N-methyl/N-ethyl adjacent to an activating group) is 1. The zero-order valence-electron chi connectivity index (χ0n) is 13.5. The van der Waals surface area contributed by atoms with Crippen molar-refractivity contribution in [2.75, 3.05) is 13.6 Å². The van der Waals surface area contributed by atoms with Crippen molar-refractivity contribution in [3.63, 3.8) is 0 Å². The highest BCUT2D eigenvalue weighted by Gasteiger charge is 2.52. The highest BCUT2D eigenvalue weighted by Crippen LogP contribution is 2.38. The van der Waals surface area contributed by atoms with Crippen LogP contribution in [0.15, 0.2) is 17.7 Å². The minimum absolute atomic E-state index is 0.147. The van der Waals surface area contributed by atoms with E-state index < -0.39 is 24.1 Å². The number of rotatable bonds is 4. The van der Waals surface area contributed by atoms with Crippen LogP contribution in [0, 0.1) is 5.82 Å². The average Bonchev–Trinajstić information content (AvgIpc) is 2.63. The zero-order valence-corrected chi connectivity index (χ0v) is 14.3. The highest BCUT2D eigenvalue weighted by atomic mass is 35.5. The van der Waals surface area contributed by atoms with E-state index in [0.29, 0.717) is 12.1 Å². The van der Waals surface area contributed by atoms with E-state index in [1.807, 2.05) is 34.7 Å². The van der Waals surface area contributed by atoms with Crippen LogP contribution in [-0.4, -0.2) is 36.9 Å². The zero-order chi connectivity index (χ0) is 16.5. The van der Waals surface area contributed by atoms with Gasteiger partial charge in [0, 0.05) is 18.3 Å². The van der Waals surface area contributed by atoms with Crippen LogP contribution >= 0.6 is 11.6 Å². The maximum absolute atomic E-state index is 14.1. The van der Waals surface area contributed by atoms with Gasteiger partial charge in [0.05, 0.1) is 11.2 Å². The topological polar surface area (TPSA) is 43.4 Å². The molecule has 0 unspecified atom stereocenters. The molecule has 0 radical (unpaired) electrons. The van der Waals surface area contributed by atoms with Gasteiger partial charge in [0.2, 0.25) is 0 Å². The molecule has 0 bridgehead atoms.